The summed E-state index contributed by atoms with van der Waals surface area (Å²) in [5, 5.41) is 21.0. The van der Waals surface area contributed by atoms with Gasteiger partial charge in [-0.2, -0.15) is 10.5 Å². The van der Waals surface area contributed by atoms with Gasteiger partial charge in [0.2, 0.25) is 5.89 Å². The molecule has 0 radical (unpaired) electrons. The quantitative estimate of drug-likeness (QED) is 0.133. The number of anilines is 1. The van der Waals surface area contributed by atoms with Crippen molar-refractivity contribution in [1.82, 2.24) is 9.97 Å². The molecule has 0 fully saturated rings. The van der Waals surface area contributed by atoms with Gasteiger partial charge in [-0.1, -0.05) is 35.5 Å². The molecule has 6 N–H and O–H groups in total. The first kappa shape index (κ1) is 34.7. The Morgan fingerprint density at radius 1 is 0.936 bits per heavy atom. The molecule has 0 spiro atoms. The first-order chi connectivity index (χ1) is 22.5. The smallest absolute Gasteiger partial charge is 0.323 e. The summed E-state index contributed by atoms with van der Waals surface area (Å²) in [6.07, 6.45) is 0.554. The van der Waals surface area contributed by atoms with Crippen LogP contribution < -0.4 is 21.9 Å². The summed E-state index contributed by atoms with van der Waals surface area (Å²) in [7, 11) is 0. The average molecular weight is 676 g/mol. The number of hydrogen-bond donors (Lipinski definition) is 3. The molecule has 2 heterocycles. The second-order valence-electron chi connectivity index (χ2n) is 10.2. The van der Waals surface area contributed by atoms with E-state index in [0.29, 0.717) is 44.3 Å². The van der Waals surface area contributed by atoms with Gasteiger partial charge < -0.3 is 35.8 Å². The van der Waals surface area contributed by atoms with Crippen LogP contribution in [-0.4, -0.2) is 53.3 Å². The normalized spacial score (nSPS) is 12.7. The number of ether oxygens (including phenoxy) is 3. The minimum atomic E-state index is -0.960. The number of benzene rings is 2. The van der Waals surface area contributed by atoms with E-state index in [1.165, 1.54) is 31.9 Å². The van der Waals surface area contributed by atoms with Crippen LogP contribution in [0.1, 0.15) is 30.7 Å². The molecule has 1 unspecified atom stereocenters. The summed E-state index contributed by atoms with van der Waals surface area (Å²) in [5.41, 5.74) is 19.7. The lowest BCUT2D eigenvalue weighted by Crippen LogP contribution is -2.38. The lowest BCUT2D eigenvalue weighted by atomic mass is 9.97. The monoisotopic (exact) mass is 675 g/mol. The van der Waals surface area contributed by atoms with Gasteiger partial charge in [-0.05, 0) is 55.8 Å². The van der Waals surface area contributed by atoms with E-state index >= 15 is 0 Å². The predicted octanol–water partition coefficient (Wildman–Crippen LogP) is 4.20. The first-order valence-electron chi connectivity index (χ1n) is 14.1. The summed E-state index contributed by atoms with van der Waals surface area (Å²) in [6, 6.07) is 16.0. The highest BCUT2D eigenvalue weighted by atomic mass is 35.5. The maximum Gasteiger partial charge on any atom is 0.323 e. The van der Waals surface area contributed by atoms with Gasteiger partial charge >= 0.3 is 11.9 Å². The largest absolute Gasteiger partial charge is 0.490 e. The minimum absolute atomic E-state index is 0.0357. The molecule has 0 bridgehead atoms. The number of nitriles is 2. The number of thioether (sulfide) groups is 1. The summed E-state index contributed by atoms with van der Waals surface area (Å²) in [6.45, 7) is 2.47. The highest BCUT2D eigenvalue weighted by Crippen LogP contribution is 2.37. The second kappa shape index (κ2) is 15.9. The van der Waals surface area contributed by atoms with Crippen LogP contribution in [0.15, 0.2) is 64.2 Å². The molecule has 3 atom stereocenters. The number of nitrogens with zero attached hydrogens (tertiary/aromatic N) is 4. The third kappa shape index (κ3) is 9.00. The molecule has 0 aliphatic carbocycles. The molecule has 2 aromatic heterocycles. The van der Waals surface area contributed by atoms with E-state index in [1.807, 2.05) is 0 Å². The molecule has 0 amide bonds. The van der Waals surface area contributed by atoms with Gasteiger partial charge in [0.1, 0.15) is 65.9 Å². The highest BCUT2D eigenvalue weighted by molar-refractivity contribution is 7.98. The first-order valence-corrected chi connectivity index (χ1v) is 15.4. The predicted molar refractivity (Wildman–Crippen MR) is 174 cm³/mol. The average Bonchev–Trinajstić information content (AvgIpc) is 3.54. The molecule has 0 saturated carbocycles. The number of pyridine rings is 1. The maximum absolute atomic E-state index is 12.1. The molecule has 15 heteroatoms. The lowest BCUT2D eigenvalue weighted by Gasteiger charge is -2.20. The molecule has 4 rings (SSSR count). The fourth-order valence-electron chi connectivity index (χ4n) is 4.03. The second-order valence-corrected chi connectivity index (χ2v) is 11.6. The third-order valence-corrected chi connectivity index (χ3v) is 7.69. The zero-order chi connectivity index (χ0) is 34.1. The Kier molecular flexibility index (Phi) is 11.8. The fourth-order valence-corrected chi connectivity index (χ4v) is 5.03. The maximum atomic E-state index is 12.1. The van der Waals surface area contributed by atoms with Crippen LogP contribution in [0.2, 0.25) is 5.02 Å². The SMILES string of the molecule is CC(N)C(=O)O[C@@H](COC(=O)[C@@H](C)N)COc1ccc(-c2c(C#N)c(N)nc(SCc3coc(-c4ccc(Cl)cc4)n3)c2C#N)cc1. The van der Waals surface area contributed by atoms with Crippen LogP contribution >= 0.6 is 23.4 Å². The number of rotatable bonds is 13. The fraction of sp³-hybridized carbons (Fsp3) is 0.250. The van der Waals surface area contributed by atoms with E-state index in [1.54, 1.807) is 48.5 Å². The van der Waals surface area contributed by atoms with E-state index < -0.39 is 30.1 Å². The van der Waals surface area contributed by atoms with Crippen LogP contribution in [0.3, 0.4) is 0 Å². The number of oxazole rings is 1. The van der Waals surface area contributed by atoms with Crippen LogP contribution in [-0.2, 0) is 24.8 Å². The van der Waals surface area contributed by atoms with Gasteiger partial charge in [0.25, 0.3) is 0 Å². The molecule has 0 aliphatic heterocycles. The number of nitrogen functional groups attached to an aromatic ring is 1. The number of hydrogen-bond acceptors (Lipinski definition) is 14. The van der Waals surface area contributed by atoms with E-state index in [0.717, 1.165) is 5.56 Å². The van der Waals surface area contributed by atoms with Crippen molar-refractivity contribution >= 4 is 41.1 Å². The third-order valence-electron chi connectivity index (χ3n) is 6.43. The Morgan fingerprint density at radius 3 is 2.19 bits per heavy atom. The zero-order valence-electron chi connectivity index (χ0n) is 25.3. The summed E-state index contributed by atoms with van der Waals surface area (Å²) >= 11 is 7.19. The van der Waals surface area contributed by atoms with Crippen molar-refractivity contribution in [3.05, 3.63) is 76.6 Å². The van der Waals surface area contributed by atoms with Gasteiger partial charge in [0, 0.05) is 21.9 Å². The van der Waals surface area contributed by atoms with Crippen molar-refractivity contribution in [2.24, 2.45) is 11.5 Å². The van der Waals surface area contributed by atoms with Gasteiger partial charge in [-0.15, -0.1) is 0 Å². The van der Waals surface area contributed by atoms with Crippen LogP contribution in [0.5, 0.6) is 5.75 Å². The minimum Gasteiger partial charge on any atom is -0.490 e. The molecule has 13 nitrogen and oxygen atoms in total. The van der Waals surface area contributed by atoms with Gasteiger partial charge in [-0.25, -0.2) is 9.97 Å². The number of carbonyl (C=O) groups is 2. The summed E-state index contributed by atoms with van der Waals surface area (Å²) < 4.78 is 21.8. The zero-order valence-corrected chi connectivity index (χ0v) is 26.9. The summed E-state index contributed by atoms with van der Waals surface area (Å²) in [5.74, 6) is -0.316. The van der Waals surface area contributed by atoms with E-state index in [4.69, 9.17) is 47.4 Å². The Hall–Kier alpha value is -5.12. The van der Waals surface area contributed by atoms with Crippen molar-refractivity contribution in [3.8, 4) is 40.5 Å². The van der Waals surface area contributed by atoms with Gasteiger partial charge in [-0.3, -0.25) is 9.59 Å². The van der Waals surface area contributed by atoms with Gasteiger partial charge in [0.15, 0.2) is 6.10 Å². The Labute approximate surface area is 279 Å². The molecule has 0 aliphatic rings. The van der Waals surface area contributed by atoms with Gasteiger partial charge in [0.05, 0.1) is 11.3 Å². The number of esters is 2. The Morgan fingerprint density at radius 2 is 1.57 bits per heavy atom. The standard InChI is InChI=1S/C32H30ClN7O6S/c1-17(36)31(41)45-15-24(46-32(42)18(2)37)14-43-23-9-5-19(6-10-23)27-25(11-34)28(38)40-30(26(27)12-35)47-16-22-13-44-29(39-22)20-3-7-21(33)8-4-20/h3-10,13,17-18,24H,14-16,36-37H2,1-2H3,(H2,38,40)/t17-,18?,24-/m1/s1. The van der Waals surface area contributed by atoms with E-state index in [2.05, 4.69) is 22.1 Å². The molecule has 4 aromatic rings. The number of nitrogens with two attached hydrogens (primary N) is 3. The molecule has 47 heavy (non-hydrogen) atoms. The molecule has 2 aromatic carbocycles. The number of aromatic nitrogens is 2. The van der Waals surface area contributed by atoms with Crippen LogP contribution in [0.25, 0.3) is 22.6 Å². The van der Waals surface area contributed by atoms with Crippen molar-refractivity contribution < 1.29 is 28.2 Å². The van der Waals surface area contributed by atoms with Crippen molar-refractivity contribution in [2.75, 3.05) is 18.9 Å². The molecular formula is C32H30ClN7O6S. The van der Waals surface area contributed by atoms with E-state index in [-0.39, 0.29) is 30.2 Å². The van der Waals surface area contributed by atoms with Crippen LogP contribution in [0.4, 0.5) is 5.82 Å². The number of carbonyl (C=O) groups excluding carboxylic acids is 2. The molecule has 0 saturated heterocycles. The molecular weight excluding hydrogens is 646 g/mol. The lowest BCUT2D eigenvalue weighted by molar-refractivity contribution is -0.162. The molecule has 242 valence electrons. The van der Waals surface area contributed by atoms with Crippen molar-refractivity contribution in [2.45, 2.75) is 42.8 Å². The van der Waals surface area contributed by atoms with Crippen molar-refractivity contribution in [3.63, 3.8) is 0 Å². The topological polar surface area (TPSA) is 226 Å². The highest BCUT2D eigenvalue weighted by Gasteiger charge is 2.23. The number of halogens is 1. The Balaban J connectivity index is 1.52. The van der Waals surface area contributed by atoms with E-state index in [9.17, 15) is 20.1 Å². The Bertz CT molecular complexity index is 1820. The van der Waals surface area contributed by atoms with Crippen molar-refractivity contribution in [1.29, 1.82) is 10.5 Å². The summed E-state index contributed by atoms with van der Waals surface area (Å²) in [4.78, 5) is 32.7. The van der Waals surface area contributed by atoms with Crippen LogP contribution in [0, 0.1) is 22.7 Å².